The number of hydrogen-bond acceptors (Lipinski definition) is 3. The molecule has 0 radical (unpaired) electrons. The summed E-state index contributed by atoms with van der Waals surface area (Å²) < 4.78 is 7.59. The highest BCUT2D eigenvalue weighted by molar-refractivity contribution is 5.97. The van der Waals surface area contributed by atoms with Gasteiger partial charge in [0, 0.05) is 18.7 Å². The molecule has 1 aliphatic rings. The zero-order valence-corrected chi connectivity index (χ0v) is 12.7. The number of fused-ring (bicyclic) bond motifs is 3. The highest BCUT2D eigenvalue weighted by atomic mass is 16.5. The molecular formula is C18H17N3O2. The Labute approximate surface area is 133 Å². The maximum Gasteiger partial charge on any atom is 0.251 e. The van der Waals surface area contributed by atoms with E-state index in [0.29, 0.717) is 25.3 Å². The molecule has 4 rings (SSSR count). The SMILES string of the molecule is O=C(NCc1ccccc1)c1ccc2c(c1)nc1n2CCOC1. The number of carbonyl (C=O) groups is 1. The lowest BCUT2D eigenvalue weighted by Gasteiger charge is -2.14. The zero-order valence-electron chi connectivity index (χ0n) is 12.7. The molecule has 3 aromatic rings. The molecule has 5 heteroatoms. The number of aromatic nitrogens is 2. The minimum absolute atomic E-state index is 0.0852. The molecule has 0 saturated carbocycles. The number of nitrogens with one attached hydrogen (secondary N) is 1. The number of carbonyl (C=O) groups excluding carboxylic acids is 1. The van der Waals surface area contributed by atoms with Gasteiger partial charge in [0.2, 0.25) is 0 Å². The molecule has 1 N–H and O–H groups in total. The minimum atomic E-state index is -0.0852. The number of benzene rings is 2. The summed E-state index contributed by atoms with van der Waals surface area (Å²) in [6, 6.07) is 15.5. The van der Waals surface area contributed by atoms with E-state index in [0.717, 1.165) is 29.0 Å². The van der Waals surface area contributed by atoms with Crippen LogP contribution in [0.3, 0.4) is 0 Å². The molecule has 23 heavy (non-hydrogen) atoms. The van der Waals surface area contributed by atoms with Gasteiger partial charge >= 0.3 is 0 Å². The van der Waals surface area contributed by atoms with Gasteiger partial charge in [-0.2, -0.15) is 0 Å². The zero-order chi connectivity index (χ0) is 15.6. The van der Waals surface area contributed by atoms with Crippen LogP contribution in [0.4, 0.5) is 0 Å². The van der Waals surface area contributed by atoms with Crippen LogP contribution in [0.25, 0.3) is 11.0 Å². The van der Waals surface area contributed by atoms with Crippen molar-refractivity contribution in [1.29, 1.82) is 0 Å². The van der Waals surface area contributed by atoms with Crippen LogP contribution in [0.2, 0.25) is 0 Å². The fourth-order valence-corrected chi connectivity index (χ4v) is 2.88. The highest BCUT2D eigenvalue weighted by Gasteiger charge is 2.16. The Kier molecular flexibility index (Phi) is 3.55. The van der Waals surface area contributed by atoms with Crippen molar-refractivity contribution in [1.82, 2.24) is 14.9 Å². The second-order valence-corrected chi connectivity index (χ2v) is 5.60. The topological polar surface area (TPSA) is 56.2 Å². The molecule has 2 heterocycles. The highest BCUT2D eigenvalue weighted by Crippen LogP contribution is 2.21. The largest absolute Gasteiger partial charge is 0.372 e. The third-order valence-corrected chi connectivity index (χ3v) is 4.08. The van der Waals surface area contributed by atoms with Gasteiger partial charge in [0.1, 0.15) is 12.4 Å². The molecule has 0 unspecified atom stereocenters. The van der Waals surface area contributed by atoms with Gasteiger partial charge in [-0.25, -0.2) is 4.98 Å². The normalized spacial score (nSPS) is 13.7. The molecule has 1 amide bonds. The second-order valence-electron chi connectivity index (χ2n) is 5.60. The molecule has 0 bridgehead atoms. The lowest BCUT2D eigenvalue weighted by Crippen LogP contribution is -2.22. The lowest BCUT2D eigenvalue weighted by molar-refractivity contribution is 0.0830. The predicted molar refractivity (Wildman–Crippen MR) is 87.0 cm³/mol. The Morgan fingerprint density at radius 1 is 1.22 bits per heavy atom. The fraction of sp³-hybridized carbons (Fsp3) is 0.222. The van der Waals surface area contributed by atoms with E-state index < -0.39 is 0 Å². The van der Waals surface area contributed by atoms with Crippen molar-refractivity contribution in [2.24, 2.45) is 0 Å². The van der Waals surface area contributed by atoms with Crippen molar-refractivity contribution >= 4 is 16.9 Å². The van der Waals surface area contributed by atoms with E-state index in [1.54, 1.807) is 0 Å². The molecule has 0 atom stereocenters. The van der Waals surface area contributed by atoms with Crippen molar-refractivity contribution in [3.8, 4) is 0 Å². The third kappa shape index (κ3) is 2.71. The van der Waals surface area contributed by atoms with Crippen LogP contribution in [0, 0.1) is 0 Å². The van der Waals surface area contributed by atoms with E-state index in [1.807, 2.05) is 48.5 Å². The average molecular weight is 307 g/mol. The van der Waals surface area contributed by atoms with Crippen LogP contribution in [-0.4, -0.2) is 22.1 Å². The van der Waals surface area contributed by atoms with Crippen LogP contribution in [-0.2, 0) is 24.4 Å². The first kappa shape index (κ1) is 14.0. The second kappa shape index (κ2) is 5.85. The molecule has 0 saturated heterocycles. The van der Waals surface area contributed by atoms with Gasteiger partial charge in [-0.1, -0.05) is 30.3 Å². The van der Waals surface area contributed by atoms with Crippen molar-refractivity contribution < 1.29 is 9.53 Å². The first-order valence-electron chi connectivity index (χ1n) is 7.70. The fourth-order valence-electron chi connectivity index (χ4n) is 2.88. The number of nitrogens with zero attached hydrogens (tertiary/aromatic N) is 2. The van der Waals surface area contributed by atoms with Crippen LogP contribution in [0.15, 0.2) is 48.5 Å². The Balaban J connectivity index is 1.55. The number of imidazole rings is 1. The number of rotatable bonds is 3. The monoisotopic (exact) mass is 307 g/mol. The Bertz CT molecular complexity index is 855. The predicted octanol–water partition coefficient (Wildman–Crippen LogP) is 2.50. The molecule has 1 aromatic heterocycles. The average Bonchev–Trinajstić information content (AvgIpc) is 2.98. The van der Waals surface area contributed by atoms with Gasteiger partial charge in [-0.05, 0) is 23.8 Å². The Morgan fingerprint density at radius 2 is 2.09 bits per heavy atom. The summed E-state index contributed by atoms with van der Waals surface area (Å²) in [4.78, 5) is 16.9. The van der Waals surface area contributed by atoms with E-state index in [-0.39, 0.29) is 5.91 Å². The summed E-state index contributed by atoms with van der Waals surface area (Å²) in [6.07, 6.45) is 0. The first-order valence-corrected chi connectivity index (χ1v) is 7.70. The van der Waals surface area contributed by atoms with Crippen molar-refractivity contribution in [2.75, 3.05) is 6.61 Å². The lowest BCUT2D eigenvalue weighted by atomic mass is 10.1. The maximum absolute atomic E-state index is 12.3. The summed E-state index contributed by atoms with van der Waals surface area (Å²) in [5.41, 5.74) is 3.61. The van der Waals surface area contributed by atoms with Gasteiger partial charge in [0.15, 0.2) is 0 Å². The molecule has 0 aliphatic carbocycles. The maximum atomic E-state index is 12.3. The van der Waals surface area contributed by atoms with Gasteiger partial charge < -0.3 is 14.6 Å². The van der Waals surface area contributed by atoms with E-state index in [1.165, 1.54) is 0 Å². The van der Waals surface area contributed by atoms with Crippen molar-refractivity contribution in [2.45, 2.75) is 19.7 Å². The number of amides is 1. The molecular weight excluding hydrogens is 290 g/mol. The van der Waals surface area contributed by atoms with Gasteiger partial charge in [-0.15, -0.1) is 0 Å². The number of hydrogen-bond donors (Lipinski definition) is 1. The molecule has 5 nitrogen and oxygen atoms in total. The standard InChI is InChI=1S/C18H17N3O2/c22-18(19-11-13-4-2-1-3-5-13)14-6-7-16-15(10-14)20-17-12-23-9-8-21(16)17/h1-7,10H,8-9,11-12H2,(H,19,22). The summed E-state index contributed by atoms with van der Waals surface area (Å²) in [7, 11) is 0. The summed E-state index contributed by atoms with van der Waals surface area (Å²) in [6.45, 7) is 2.57. The van der Waals surface area contributed by atoms with Crippen LogP contribution >= 0.6 is 0 Å². The minimum Gasteiger partial charge on any atom is -0.372 e. The number of ether oxygens (including phenoxy) is 1. The Morgan fingerprint density at radius 3 is 2.96 bits per heavy atom. The first-order chi connectivity index (χ1) is 11.3. The van der Waals surface area contributed by atoms with Crippen LogP contribution in [0.5, 0.6) is 0 Å². The molecule has 2 aromatic carbocycles. The van der Waals surface area contributed by atoms with Crippen molar-refractivity contribution in [3.63, 3.8) is 0 Å². The Hall–Kier alpha value is -2.66. The smallest absolute Gasteiger partial charge is 0.251 e. The van der Waals surface area contributed by atoms with E-state index in [4.69, 9.17) is 4.74 Å². The van der Waals surface area contributed by atoms with E-state index in [9.17, 15) is 4.79 Å². The van der Waals surface area contributed by atoms with E-state index >= 15 is 0 Å². The van der Waals surface area contributed by atoms with E-state index in [2.05, 4.69) is 14.9 Å². The van der Waals surface area contributed by atoms with Crippen LogP contribution < -0.4 is 5.32 Å². The summed E-state index contributed by atoms with van der Waals surface area (Å²) >= 11 is 0. The van der Waals surface area contributed by atoms with Gasteiger partial charge in [0.05, 0.1) is 17.6 Å². The van der Waals surface area contributed by atoms with Crippen LogP contribution in [0.1, 0.15) is 21.7 Å². The summed E-state index contributed by atoms with van der Waals surface area (Å²) in [5, 5.41) is 2.94. The van der Waals surface area contributed by atoms with Crippen molar-refractivity contribution in [3.05, 3.63) is 65.5 Å². The quantitative estimate of drug-likeness (QED) is 0.809. The van der Waals surface area contributed by atoms with Gasteiger partial charge in [-0.3, -0.25) is 4.79 Å². The molecule has 0 fully saturated rings. The third-order valence-electron chi connectivity index (χ3n) is 4.08. The molecule has 1 aliphatic heterocycles. The molecule has 0 spiro atoms. The molecule has 116 valence electrons. The summed E-state index contributed by atoms with van der Waals surface area (Å²) in [5.74, 6) is 0.839. The van der Waals surface area contributed by atoms with Gasteiger partial charge in [0.25, 0.3) is 5.91 Å².